The Morgan fingerprint density at radius 3 is 2.68 bits per heavy atom. The fourth-order valence-corrected chi connectivity index (χ4v) is 2.72. The van der Waals surface area contributed by atoms with E-state index in [0.29, 0.717) is 44.3 Å². The molecule has 2 aromatic rings. The maximum absolute atomic E-state index is 10.8. The summed E-state index contributed by atoms with van der Waals surface area (Å²) in [4.78, 5) is 32.3. The molecule has 0 atom stereocenters. The number of carbonyl (C=O) groups is 1. The fourth-order valence-electron chi connectivity index (χ4n) is 2.72. The molecule has 0 aromatic carbocycles. The van der Waals surface area contributed by atoms with E-state index >= 15 is 0 Å². The zero-order chi connectivity index (χ0) is 17.6. The third-order valence-electron chi connectivity index (χ3n) is 3.91. The van der Waals surface area contributed by atoms with E-state index in [1.807, 2.05) is 11.0 Å². The van der Waals surface area contributed by atoms with E-state index in [1.54, 1.807) is 25.7 Å². The van der Waals surface area contributed by atoms with Crippen LogP contribution in [0.25, 0.3) is 11.5 Å². The Morgan fingerprint density at radius 2 is 2.04 bits per heavy atom. The number of ether oxygens (including phenoxy) is 1. The molecule has 25 heavy (non-hydrogen) atoms. The van der Waals surface area contributed by atoms with Crippen LogP contribution in [0.3, 0.4) is 0 Å². The standard InChI is InChI=1S/C16H20N6O3/c1-25-11-12-8-14(20-16(19-12)13-9-17-2-3-18-13)22-6-4-21(5-7-22)10-15(23)24/h2-3,8-9H,4-7,10-11H2,1H3,(H,23,24). The van der Waals surface area contributed by atoms with Crippen molar-refractivity contribution in [3.8, 4) is 11.5 Å². The molecule has 0 spiro atoms. The second-order valence-corrected chi connectivity index (χ2v) is 5.72. The van der Waals surface area contributed by atoms with Gasteiger partial charge in [0.1, 0.15) is 11.5 Å². The molecule has 1 saturated heterocycles. The summed E-state index contributed by atoms with van der Waals surface area (Å²) in [5.74, 6) is 0.492. The van der Waals surface area contributed by atoms with Gasteiger partial charge in [-0.05, 0) is 0 Å². The topological polar surface area (TPSA) is 105 Å². The van der Waals surface area contributed by atoms with Crippen molar-refractivity contribution in [3.05, 3.63) is 30.4 Å². The van der Waals surface area contributed by atoms with Crippen molar-refractivity contribution in [1.29, 1.82) is 0 Å². The van der Waals surface area contributed by atoms with Crippen molar-refractivity contribution in [1.82, 2.24) is 24.8 Å². The Kier molecular flexibility index (Phi) is 5.46. The van der Waals surface area contributed by atoms with Gasteiger partial charge in [0.05, 0.1) is 25.0 Å². The molecule has 0 amide bonds. The van der Waals surface area contributed by atoms with Gasteiger partial charge in [0.15, 0.2) is 5.82 Å². The second kappa shape index (κ2) is 7.95. The number of hydrogen-bond acceptors (Lipinski definition) is 8. The van der Waals surface area contributed by atoms with E-state index in [0.717, 1.165) is 11.5 Å². The van der Waals surface area contributed by atoms with E-state index in [4.69, 9.17) is 9.84 Å². The molecule has 0 saturated carbocycles. The van der Waals surface area contributed by atoms with Crippen molar-refractivity contribution in [3.63, 3.8) is 0 Å². The summed E-state index contributed by atoms with van der Waals surface area (Å²) >= 11 is 0. The van der Waals surface area contributed by atoms with Gasteiger partial charge < -0.3 is 14.7 Å². The maximum Gasteiger partial charge on any atom is 0.317 e. The largest absolute Gasteiger partial charge is 0.480 e. The first-order valence-corrected chi connectivity index (χ1v) is 7.98. The van der Waals surface area contributed by atoms with Gasteiger partial charge in [-0.1, -0.05) is 0 Å². The Bertz CT molecular complexity index is 719. The lowest BCUT2D eigenvalue weighted by molar-refractivity contribution is -0.138. The molecule has 1 aliphatic heterocycles. The van der Waals surface area contributed by atoms with E-state index in [9.17, 15) is 4.79 Å². The van der Waals surface area contributed by atoms with Gasteiger partial charge in [-0.25, -0.2) is 15.0 Å². The first kappa shape index (κ1) is 17.2. The molecule has 132 valence electrons. The molecule has 0 aliphatic carbocycles. The van der Waals surface area contributed by atoms with Crippen molar-refractivity contribution < 1.29 is 14.6 Å². The van der Waals surface area contributed by atoms with Gasteiger partial charge in [0.2, 0.25) is 0 Å². The van der Waals surface area contributed by atoms with Crippen LogP contribution in [0.15, 0.2) is 24.7 Å². The minimum atomic E-state index is -0.803. The SMILES string of the molecule is COCc1cc(N2CCN(CC(=O)O)CC2)nc(-c2cnccn2)n1. The third-order valence-corrected chi connectivity index (χ3v) is 3.91. The molecular weight excluding hydrogens is 324 g/mol. The van der Waals surface area contributed by atoms with Crippen molar-refractivity contribution in [2.24, 2.45) is 0 Å². The van der Waals surface area contributed by atoms with Crippen molar-refractivity contribution >= 4 is 11.8 Å². The molecule has 0 radical (unpaired) electrons. The minimum absolute atomic E-state index is 0.0669. The predicted octanol–water partition coefficient (Wildman–Crippen LogP) is 0.287. The highest BCUT2D eigenvalue weighted by Crippen LogP contribution is 2.20. The number of carboxylic acid groups (broad SMARTS) is 1. The molecule has 0 bridgehead atoms. The predicted molar refractivity (Wildman–Crippen MR) is 90.1 cm³/mol. The Hall–Kier alpha value is -2.65. The number of rotatable bonds is 6. The normalized spacial score (nSPS) is 15.3. The second-order valence-electron chi connectivity index (χ2n) is 5.72. The highest BCUT2D eigenvalue weighted by molar-refractivity contribution is 5.69. The van der Waals surface area contributed by atoms with Crippen LogP contribution < -0.4 is 4.90 Å². The van der Waals surface area contributed by atoms with Crippen LogP contribution in [0.1, 0.15) is 5.69 Å². The Morgan fingerprint density at radius 1 is 1.24 bits per heavy atom. The number of carboxylic acids is 1. The summed E-state index contributed by atoms with van der Waals surface area (Å²) in [7, 11) is 1.62. The first-order valence-electron chi connectivity index (χ1n) is 7.98. The van der Waals surface area contributed by atoms with Gasteiger partial charge in [0.25, 0.3) is 0 Å². The highest BCUT2D eigenvalue weighted by atomic mass is 16.5. The van der Waals surface area contributed by atoms with E-state index < -0.39 is 5.97 Å². The lowest BCUT2D eigenvalue weighted by Crippen LogP contribution is -2.48. The third kappa shape index (κ3) is 4.46. The van der Waals surface area contributed by atoms with Gasteiger partial charge in [0, 0.05) is 51.7 Å². The van der Waals surface area contributed by atoms with Crippen LogP contribution in [0, 0.1) is 0 Å². The number of aliphatic carboxylic acids is 1. The number of nitrogens with zero attached hydrogens (tertiary/aromatic N) is 6. The molecular formula is C16H20N6O3. The zero-order valence-corrected chi connectivity index (χ0v) is 14.0. The molecule has 9 heteroatoms. The van der Waals surface area contributed by atoms with Gasteiger partial charge in [-0.3, -0.25) is 14.7 Å². The minimum Gasteiger partial charge on any atom is -0.480 e. The van der Waals surface area contributed by atoms with Crippen molar-refractivity contribution in [2.45, 2.75) is 6.61 Å². The number of methoxy groups -OCH3 is 1. The monoisotopic (exact) mass is 344 g/mol. The summed E-state index contributed by atoms with van der Waals surface area (Å²) < 4.78 is 5.20. The summed E-state index contributed by atoms with van der Waals surface area (Å²) in [6.07, 6.45) is 4.83. The lowest BCUT2D eigenvalue weighted by Gasteiger charge is -2.34. The molecule has 9 nitrogen and oxygen atoms in total. The van der Waals surface area contributed by atoms with Crippen LogP contribution in [0.4, 0.5) is 5.82 Å². The number of hydrogen-bond donors (Lipinski definition) is 1. The maximum atomic E-state index is 10.8. The molecule has 3 heterocycles. The Labute approximate surface area is 145 Å². The summed E-state index contributed by atoms with van der Waals surface area (Å²) in [5, 5.41) is 8.90. The average Bonchev–Trinajstić information content (AvgIpc) is 2.63. The van der Waals surface area contributed by atoms with E-state index in [2.05, 4.69) is 24.8 Å². The lowest BCUT2D eigenvalue weighted by atomic mass is 10.3. The van der Waals surface area contributed by atoms with Crippen LogP contribution >= 0.6 is 0 Å². The molecule has 2 aromatic heterocycles. The van der Waals surface area contributed by atoms with Crippen LogP contribution in [-0.4, -0.2) is 75.7 Å². The Balaban J connectivity index is 1.81. The van der Waals surface area contributed by atoms with Crippen LogP contribution in [0.5, 0.6) is 0 Å². The summed E-state index contributed by atoms with van der Waals surface area (Å²) in [5.41, 5.74) is 1.37. The van der Waals surface area contributed by atoms with Crippen molar-refractivity contribution in [2.75, 3.05) is 44.7 Å². The quantitative estimate of drug-likeness (QED) is 0.791. The number of aromatic nitrogens is 4. The molecule has 3 rings (SSSR count). The molecule has 1 N–H and O–H groups in total. The van der Waals surface area contributed by atoms with Crippen LogP contribution in [0.2, 0.25) is 0 Å². The smallest absolute Gasteiger partial charge is 0.317 e. The van der Waals surface area contributed by atoms with Gasteiger partial charge in [-0.15, -0.1) is 0 Å². The van der Waals surface area contributed by atoms with E-state index in [1.165, 1.54) is 0 Å². The first-order chi connectivity index (χ1) is 12.2. The average molecular weight is 344 g/mol. The van der Waals surface area contributed by atoms with E-state index in [-0.39, 0.29) is 6.54 Å². The number of piperazine rings is 1. The summed E-state index contributed by atoms with van der Waals surface area (Å²) in [6.45, 7) is 3.21. The number of anilines is 1. The zero-order valence-electron chi connectivity index (χ0n) is 14.0. The van der Waals surface area contributed by atoms with Crippen LogP contribution in [-0.2, 0) is 16.1 Å². The highest BCUT2D eigenvalue weighted by Gasteiger charge is 2.21. The van der Waals surface area contributed by atoms with Gasteiger partial charge in [-0.2, -0.15) is 0 Å². The van der Waals surface area contributed by atoms with Gasteiger partial charge >= 0.3 is 5.97 Å². The molecule has 1 aliphatic rings. The molecule has 0 unspecified atom stereocenters. The summed E-state index contributed by atoms with van der Waals surface area (Å²) in [6, 6.07) is 1.90. The molecule has 1 fully saturated rings. The fraction of sp³-hybridized carbons (Fsp3) is 0.438.